The fraction of sp³-hybridized carbons (Fsp3) is 0.188. The molecule has 1 atom stereocenters. The second-order valence-electron chi connectivity index (χ2n) is 5.04. The lowest BCUT2D eigenvalue weighted by molar-refractivity contribution is 0.0766. The van der Waals surface area contributed by atoms with Crippen molar-refractivity contribution >= 4 is 6.09 Å². The highest BCUT2D eigenvalue weighted by Crippen LogP contribution is 2.38. The van der Waals surface area contributed by atoms with E-state index in [4.69, 9.17) is 15.2 Å². The second kappa shape index (κ2) is 5.83. The fourth-order valence-corrected chi connectivity index (χ4v) is 2.54. The van der Waals surface area contributed by atoms with Gasteiger partial charge in [0, 0.05) is 17.5 Å². The van der Waals surface area contributed by atoms with Gasteiger partial charge in [-0.1, -0.05) is 12.1 Å². The first kappa shape index (κ1) is 15.2. The molecule has 0 bridgehead atoms. The zero-order chi connectivity index (χ0) is 16.6. The average Bonchev–Trinajstić information content (AvgIpc) is 2.52. The van der Waals surface area contributed by atoms with E-state index in [1.165, 1.54) is 12.1 Å². The maximum atomic E-state index is 13.9. The van der Waals surface area contributed by atoms with Crippen molar-refractivity contribution in [3.05, 3.63) is 53.3 Å². The maximum Gasteiger partial charge on any atom is 0.405 e. The maximum absolute atomic E-state index is 13.9. The lowest BCUT2D eigenvalue weighted by atomic mass is 9.97. The number of nitrogens with two attached hydrogens (primary N) is 1. The van der Waals surface area contributed by atoms with Gasteiger partial charge in [-0.05, 0) is 23.8 Å². The van der Waals surface area contributed by atoms with Crippen LogP contribution in [0.5, 0.6) is 5.75 Å². The van der Waals surface area contributed by atoms with Gasteiger partial charge in [-0.15, -0.1) is 0 Å². The van der Waals surface area contributed by atoms with Crippen LogP contribution in [0.15, 0.2) is 30.3 Å². The Bertz CT molecular complexity index is 779. The second-order valence-corrected chi connectivity index (χ2v) is 5.04. The summed E-state index contributed by atoms with van der Waals surface area (Å²) in [6.07, 6.45) is -1.02. The van der Waals surface area contributed by atoms with Crippen molar-refractivity contribution in [1.82, 2.24) is 0 Å². The Labute approximate surface area is 129 Å². The molecule has 2 aromatic rings. The zero-order valence-electron chi connectivity index (χ0n) is 11.8. The molecule has 2 aromatic carbocycles. The number of rotatable bonds is 2. The largest absolute Gasteiger partial charge is 0.493 e. The first-order valence-corrected chi connectivity index (χ1v) is 6.84. The van der Waals surface area contributed by atoms with Crippen LogP contribution in [0.1, 0.15) is 18.1 Å². The van der Waals surface area contributed by atoms with E-state index >= 15 is 0 Å². The molecule has 1 amide bonds. The van der Waals surface area contributed by atoms with Crippen LogP contribution in [0, 0.1) is 17.5 Å². The van der Waals surface area contributed by atoms with E-state index in [1.54, 1.807) is 6.07 Å². The molecule has 0 spiro atoms. The molecule has 7 heteroatoms. The number of hydrogen-bond donors (Lipinski definition) is 1. The molecule has 1 heterocycles. The van der Waals surface area contributed by atoms with Crippen molar-refractivity contribution in [1.29, 1.82) is 0 Å². The molecular formula is C16H12F3NO3. The molecule has 0 fully saturated rings. The number of amides is 1. The van der Waals surface area contributed by atoms with Crippen LogP contribution in [0.2, 0.25) is 0 Å². The molecule has 0 aliphatic carbocycles. The number of fused-ring (bicyclic) bond motifs is 1. The summed E-state index contributed by atoms with van der Waals surface area (Å²) in [5.74, 6) is -3.68. The summed E-state index contributed by atoms with van der Waals surface area (Å²) >= 11 is 0. The minimum atomic E-state index is -1.53. The molecule has 4 nitrogen and oxygen atoms in total. The summed E-state index contributed by atoms with van der Waals surface area (Å²) in [4.78, 5) is 10.9. The summed E-state index contributed by atoms with van der Waals surface area (Å²) in [6.45, 7) is 0.286. The summed E-state index contributed by atoms with van der Waals surface area (Å²) < 4.78 is 50.7. The van der Waals surface area contributed by atoms with E-state index in [9.17, 15) is 18.0 Å². The number of carbonyl (C=O) groups is 1. The summed E-state index contributed by atoms with van der Waals surface area (Å²) in [7, 11) is 0. The van der Waals surface area contributed by atoms with Crippen molar-refractivity contribution < 1.29 is 27.4 Å². The van der Waals surface area contributed by atoms with Gasteiger partial charge in [-0.2, -0.15) is 0 Å². The lowest BCUT2D eigenvalue weighted by Gasteiger charge is -2.25. The van der Waals surface area contributed by atoms with Crippen LogP contribution in [-0.2, 0) is 4.74 Å². The van der Waals surface area contributed by atoms with Gasteiger partial charge in [-0.3, -0.25) is 0 Å². The highest BCUT2D eigenvalue weighted by molar-refractivity contribution is 5.68. The molecular weight excluding hydrogens is 311 g/mol. The Morgan fingerprint density at radius 1 is 1.17 bits per heavy atom. The van der Waals surface area contributed by atoms with Crippen molar-refractivity contribution in [2.75, 3.05) is 6.61 Å². The van der Waals surface area contributed by atoms with Crippen LogP contribution in [0.25, 0.3) is 11.1 Å². The Kier molecular flexibility index (Phi) is 3.85. The molecule has 0 saturated carbocycles. The van der Waals surface area contributed by atoms with Crippen LogP contribution < -0.4 is 10.5 Å². The molecule has 23 heavy (non-hydrogen) atoms. The van der Waals surface area contributed by atoms with Gasteiger partial charge in [-0.25, -0.2) is 18.0 Å². The van der Waals surface area contributed by atoms with Gasteiger partial charge < -0.3 is 15.2 Å². The summed E-state index contributed by atoms with van der Waals surface area (Å²) in [5, 5.41) is 0. The Balaban J connectivity index is 2.01. The minimum Gasteiger partial charge on any atom is -0.493 e. The SMILES string of the molecule is NC(=O)OC1CCOc2cc(-c3ccc(F)c(F)c3F)ccc21. The minimum absolute atomic E-state index is 0.0896. The van der Waals surface area contributed by atoms with Crippen LogP contribution in [-0.4, -0.2) is 12.7 Å². The Morgan fingerprint density at radius 2 is 1.96 bits per heavy atom. The monoisotopic (exact) mass is 323 g/mol. The molecule has 0 radical (unpaired) electrons. The third-order valence-corrected chi connectivity index (χ3v) is 3.60. The normalized spacial score (nSPS) is 16.4. The van der Waals surface area contributed by atoms with E-state index in [0.717, 1.165) is 12.1 Å². The van der Waals surface area contributed by atoms with E-state index in [-0.39, 0.29) is 12.2 Å². The fourth-order valence-electron chi connectivity index (χ4n) is 2.54. The van der Waals surface area contributed by atoms with E-state index in [2.05, 4.69) is 0 Å². The first-order valence-electron chi connectivity index (χ1n) is 6.84. The molecule has 2 N–H and O–H groups in total. The average molecular weight is 323 g/mol. The van der Waals surface area contributed by atoms with Crippen LogP contribution in [0.3, 0.4) is 0 Å². The molecule has 120 valence electrons. The summed E-state index contributed by atoms with van der Waals surface area (Å²) in [6, 6.07) is 6.59. The molecule has 1 aliphatic rings. The number of ether oxygens (including phenoxy) is 2. The van der Waals surface area contributed by atoms with Gasteiger partial charge in [0.15, 0.2) is 17.5 Å². The van der Waals surface area contributed by atoms with Crippen LogP contribution in [0.4, 0.5) is 18.0 Å². The third kappa shape index (κ3) is 2.81. The number of halogens is 3. The predicted octanol–water partition coefficient (Wildman–Crippen LogP) is 3.69. The first-order chi connectivity index (χ1) is 11.0. The van der Waals surface area contributed by atoms with Gasteiger partial charge in [0.05, 0.1) is 6.61 Å². The third-order valence-electron chi connectivity index (χ3n) is 3.60. The van der Waals surface area contributed by atoms with Gasteiger partial charge in [0.1, 0.15) is 11.9 Å². The van der Waals surface area contributed by atoms with Crippen molar-refractivity contribution in [3.8, 4) is 16.9 Å². The number of hydrogen-bond acceptors (Lipinski definition) is 3. The molecule has 1 aliphatic heterocycles. The van der Waals surface area contributed by atoms with E-state index in [1.807, 2.05) is 0 Å². The molecule has 1 unspecified atom stereocenters. The number of carbonyl (C=O) groups excluding carboxylic acids is 1. The van der Waals surface area contributed by atoms with Gasteiger partial charge in [0.25, 0.3) is 0 Å². The lowest BCUT2D eigenvalue weighted by Crippen LogP contribution is -2.22. The van der Waals surface area contributed by atoms with E-state index in [0.29, 0.717) is 23.3 Å². The molecule has 0 aromatic heterocycles. The Morgan fingerprint density at radius 3 is 2.70 bits per heavy atom. The Hall–Kier alpha value is -2.70. The van der Waals surface area contributed by atoms with Crippen molar-refractivity contribution in [3.63, 3.8) is 0 Å². The zero-order valence-corrected chi connectivity index (χ0v) is 11.8. The smallest absolute Gasteiger partial charge is 0.405 e. The standard InChI is InChI=1S/C16H12F3NO3/c17-11-4-3-9(14(18)15(11)19)8-1-2-10-12(23-16(20)21)5-6-22-13(10)7-8/h1-4,7,12H,5-6H2,(H2,20,21). The number of benzene rings is 2. The van der Waals surface area contributed by atoms with Gasteiger partial charge >= 0.3 is 6.09 Å². The van der Waals surface area contributed by atoms with Gasteiger partial charge in [0.2, 0.25) is 0 Å². The number of primary amides is 1. The highest BCUT2D eigenvalue weighted by Gasteiger charge is 2.25. The summed E-state index contributed by atoms with van der Waals surface area (Å²) in [5.41, 5.74) is 5.84. The molecule has 0 saturated heterocycles. The van der Waals surface area contributed by atoms with Crippen molar-refractivity contribution in [2.45, 2.75) is 12.5 Å². The van der Waals surface area contributed by atoms with Crippen molar-refractivity contribution in [2.24, 2.45) is 5.73 Å². The topological polar surface area (TPSA) is 61.6 Å². The predicted molar refractivity (Wildman–Crippen MR) is 75.3 cm³/mol. The highest BCUT2D eigenvalue weighted by atomic mass is 19.2. The van der Waals surface area contributed by atoms with Crippen LogP contribution >= 0.6 is 0 Å². The van der Waals surface area contributed by atoms with E-state index < -0.39 is 29.6 Å². The quantitative estimate of drug-likeness (QED) is 0.857. The molecule has 3 rings (SSSR count).